The Kier molecular flexibility index (Phi) is 5.42. The van der Waals surface area contributed by atoms with Crippen LogP contribution in [-0.4, -0.2) is 16.5 Å². The van der Waals surface area contributed by atoms with Gasteiger partial charge >= 0.3 is 0 Å². The molecule has 0 unspecified atom stereocenters. The Morgan fingerprint density at radius 3 is 2.76 bits per heavy atom. The molecule has 0 aliphatic carbocycles. The largest absolute Gasteiger partial charge is 0.345 e. The molecule has 1 aromatic heterocycles. The van der Waals surface area contributed by atoms with Crippen molar-refractivity contribution in [3.8, 4) is 0 Å². The predicted molar refractivity (Wildman–Crippen MR) is 86.5 cm³/mol. The summed E-state index contributed by atoms with van der Waals surface area (Å²) in [5.74, 6) is -0.0953. The molecule has 112 valence electrons. The molecule has 1 amide bonds. The van der Waals surface area contributed by atoms with Crippen molar-refractivity contribution in [1.29, 1.82) is 0 Å². The average Bonchev–Trinajstić information content (AvgIpc) is 2.86. The van der Waals surface area contributed by atoms with Crippen LogP contribution in [0.1, 0.15) is 19.4 Å². The van der Waals surface area contributed by atoms with Gasteiger partial charge in [0.1, 0.15) is 6.54 Å². The molecular weight excluding hydrogens is 286 g/mol. The van der Waals surface area contributed by atoms with Crippen molar-refractivity contribution >= 4 is 23.2 Å². The number of nitrogens with one attached hydrogen (secondary N) is 2. The third-order valence-corrected chi connectivity index (χ3v) is 3.33. The fraction of sp³-hybridized carbons (Fsp3) is 0.312. The molecule has 5 heteroatoms. The lowest BCUT2D eigenvalue weighted by molar-refractivity contribution is -0.116. The number of para-hydroxylation sites is 1. The van der Waals surface area contributed by atoms with Crippen LogP contribution in [0.4, 0.5) is 5.69 Å². The first-order chi connectivity index (χ1) is 10.0. The van der Waals surface area contributed by atoms with Crippen LogP contribution in [-0.2, 0) is 17.9 Å². The minimum Gasteiger partial charge on any atom is -0.345 e. The molecule has 0 spiro atoms. The number of carbonyl (C=O) groups is 1. The van der Waals surface area contributed by atoms with Crippen molar-refractivity contribution in [2.45, 2.75) is 33.0 Å². The van der Waals surface area contributed by atoms with Crippen molar-refractivity contribution in [3.05, 3.63) is 53.3 Å². The highest BCUT2D eigenvalue weighted by molar-refractivity contribution is 6.33. The number of anilines is 1. The maximum atomic E-state index is 12.0. The van der Waals surface area contributed by atoms with E-state index in [0.717, 1.165) is 12.1 Å². The molecule has 4 nitrogen and oxygen atoms in total. The Morgan fingerprint density at radius 1 is 1.29 bits per heavy atom. The Morgan fingerprint density at radius 2 is 2.05 bits per heavy atom. The van der Waals surface area contributed by atoms with Gasteiger partial charge in [-0.25, -0.2) is 0 Å². The summed E-state index contributed by atoms with van der Waals surface area (Å²) in [5, 5.41) is 6.70. The first-order valence-corrected chi connectivity index (χ1v) is 7.35. The maximum Gasteiger partial charge on any atom is 0.244 e. The first kappa shape index (κ1) is 15.6. The number of rotatable bonds is 6. The zero-order valence-electron chi connectivity index (χ0n) is 12.3. The van der Waals surface area contributed by atoms with Gasteiger partial charge in [0.05, 0.1) is 10.7 Å². The van der Waals surface area contributed by atoms with Gasteiger partial charge in [0.15, 0.2) is 0 Å². The highest BCUT2D eigenvalue weighted by Crippen LogP contribution is 2.20. The van der Waals surface area contributed by atoms with E-state index in [1.54, 1.807) is 12.1 Å². The fourth-order valence-corrected chi connectivity index (χ4v) is 2.12. The van der Waals surface area contributed by atoms with Crippen molar-refractivity contribution in [1.82, 2.24) is 9.88 Å². The number of aromatic nitrogens is 1. The Balaban J connectivity index is 1.90. The lowest BCUT2D eigenvalue weighted by Gasteiger charge is -2.08. The van der Waals surface area contributed by atoms with Crippen LogP contribution in [0.3, 0.4) is 0 Å². The summed E-state index contributed by atoms with van der Waals surface area (Å²) in [4.78, 5) is 12.0. The lowest BCUT2D eigenvalue weighted by Crippen LogP contribution is -2.21. The Hall–Kier alpha value is -1.78. The first-order valence-electron chi connectivity index (χ1n) is 6.97. The van der Waals surface area contributed by atoms with Gasteiger partial charge in [-0.05, 0) is 23.8 Å². The normalized spacial score (nSPS) is 10.9. The van der Waals surface area contributed by atoms with Crippen LogP contribution < -0.4 is 10.6 Å². The zero-order valence-corrected chi connectivity index (χ0v) is 13.0. The van der Waals surface area contributed by atoms with Crippen LogP contribution >= 0.6 is 11.6 Å². The zero-order chi connectivity index (χ0) is 15.2. The number of benzene rings is 1. The van der Waals surface area contributed by atoms with Crippen molar-refractivity contribution in [3.63, 3.8) is 0 Å². The molecule has 21 heavy (non-hydrogen) atoms. The number of hydrogen-bond acceptors (Lipinski definition) is 2. The van der Waals surface area contributed by atoms with Gasteiger partial charge < -0.3 is 15.2 Å². The fourth-order valence-electron chi connectivity index (χ4n) is 1.93. The van der Waals surface area contributed by atoms with E-state index in [2.05, 4.69) is 24.5 Å². The van der Waals surface area contributed by atoms with Crippen molar-refractivity contribution in [2.75, 3.05) is 5.32 Å². The minimum absolute atomic E-state index is 0.0953. The highest BCUT2D eigenvalue weighted by atomic mass is 35.5. The smallest absolute Gasteiger partial charge is 0.244 e. The number of amides is 1. The van der Waals surface area contributed by atoms with Gasteiger partial charge in [-0.3, -0.25) is 4.79 Å². The molecule has 2 aromatic rings. The van der Waals surface area contributed by atoms with Crippen LogP contribution in [0.15, 0.2) is 42.7 Å². The molecule has 0 aliphatic rings. The Labute approximate surface area is 130 Å². The monoisotopic (exact) mass is 305 g/mol. The van der Waals surface area contributed by atoms with Gasteiger partial charge in [-0.2, -0.15) is 0 Å². The molecule has 0 saturated heterocycles. The third-order valence-electron chi connectivity index (χ3n) is 3.00. The van der Waals surface area contributed by atoms with Gasteiger partial charge in [-0.15, -0.1) is 0 Å². The SMILES string of the molecule is CC(C)NCc1ccn(CC(=O)Nc2ccccc2Cl)c1. The number of hydrogen-bond donors (Lipinski definition) is 2. The van der Waals surface area contributed by atoms with Crippen LogP contribution in [0.2, 0.25) is 5.02 Å². The average molecular weight is 306 g/mol. The van der Waals surface area contributed by atoms with E-state index in [1.165, 1.54) is 0 Å². The summed E-state index contributed by atoms with van der Waals surface area (Å²) in [7, 11) is 0. The third kappa shape index (κ3) is 4.92. The molecule has 0 fully saturated rings. The van der Waals surface area contributed by atoms with E-state index in [0.29, 0.717) is 16.8 Å². The second-order valence-electron chi connectivity index (χ2n) is 5.26. The lowest BCUT2D eigenvalue weighted by atomic mass is 10.3. The predicted octanol–water partition coefficient (Wildman–Crippen LogP) is 3.28. The summed E-state index contributed by atoms with van der Waals surface area (Å²) >= 11 is 6.02. The quantitative estimate of drug-likeness (QED) is 0.860. The van der Waals surface area contributed by atoms with Crippen LogP contribution in [0, 0.1) is 0 Å². The van der Waals surface area contributed by atoms with Crippen molar-refractivity contribution < 1.29 is 4.79 Å². The molecule has 1 aromatic carbocycles. The second kappa shape index (κ2) is 7.29. The molecular formula is C16H20ClN3O. The van der Waals surface area contributed by atoms with E-state index in [9.17, 15) is 4.79 Å². The molecule has 0 radical (unpaired) electrons. The van der Waals surface area contributed by atoms with Crippen molar-refractivity contribution in [2.24, 2.45) is 0 Å². The molecule has 2 rings (SSSR count). The topological polar surface area (TPSA) is 46.1 Å². The number of carbonyl (C=O) groups excluding carboxylic acids is 1. The standard InChI is InChI=1S/C16H20ClN3O/c1-12(2)18-9-13-7-8-20(10-13)11-16(21)19-15-6-4-3-5-14(15)17/h3-8,10,12,18H,9,11H2,1-2H3,(H,19,21). The molecule has 1 heterocycles. The maximum absolute atomic E-state index is 12.0. The van der Waals surface area contributed by atoms with Crippen LogP contribution in [0.5, 0.6) is 0 Å². The van der Waals surface area contributed by atoms with Gasteiger partial charge in [0.2, 0.25) is 5.91 Å². The van der Waals surface area contributed by atoms with E-state index in [4.69, 9.17) is 11.6 Å². The van der Waals surface area contributed by atoms with E-state index >= 15 is 0 Å². The molecule has 0 atom stereocenters. The molecule has 2 N–H and O–H groups in total. The van der Waals surface area contributed by atoms with E-state index < -0.39 is 0 Å². The van der Waals surface area contributed by atoms with Crippen LogP contribution in [0.25, 0.3) is 0 Å². The Bertz CT molecular complexity index is 607. The summed E-state index contributed by atoms with van der Waals surface area (Å²) in [6.07, 6.45) is 3.88. The van der Waals surface area contributed by atoms with Gasteiger partial charge in [0.25, 0.3) is 0 Å². The summed E-state index contributed by atoms with van der Waals surface area (Å²) in [6.45, 7) is 5.28. The molecule has 0 saturated carbocycles. The number of halogens is 1. The van der Waals surface area contributed by atoms with E-state index in [1.807, 2.05) is 35.2 Å². The number of nitrogens with zero attached hydrogens (tertiary/aromatic N) is 1. The molecule has 0 aliphatic heterocycles. The summed E-state index contributed by atoms with van der Waals surface area (Å²) in [6, 6.07) is 9.66. The molecule has 0 bridgehead atoms. The summed E-state index contributed by atoms with van der Waals surface area (Å²) in [5.41, 5.74) is 1.80. The summed E-state index contributed by atoms with van der Waals surface area (Å²) < 4.78 is 1.86. The van der Waals surface area contributed by atoms with Gasteiger partial charge in [-0.1, -0.05) is 37.6 Å². The second-order valence-corrected chi connectivity index (χ2v) is 5.66. The van der Waals surface area contributed by atoms with Gasteiger partial charge in [0, 0.05) is 25.0 Å². The van der Waals surface area contributed by atoms with E-state index in [-0.39, 0.29) is 12.5 Å². The highest BCUT2D eigenvalue weighted by Gasteiger charge is 2.06. The minimum atomic E-state index is -0.0953.